The third-order valence-corrected chi connectivity index (χ3v) is 4.82. The van der Waals surface area contributed by atoms with Crippen LogP contribution in [0.1, 0.15) is 11.1 Å². The van der Waals surface area contributed by atoms with Gasteiger partial charge >= 0.3 is 0 Å². The monoisotopic (exact) mass is 418 g/mol. The van der Waals surface area contributed by atoms with Gasteiger partial charge in [0.1, 0.15) is 41.7 Å². The van der Waals surface area contributed by atoms with Gasteiger partial charge < -0.3 is 39.4 Å². The van der Waals surface area contributed by atoms with Crippen molar-refractivity contribution in [3.05, 3.63) is 53.6 Å². The number of benzene rings is 2. The second-order valence-corrected chi connectivity index (χ2v) is 6.86. The van der Waals surface area contributed by atoms with Crippen molar-refractivity contribution in [2.45, 2.75) is 30.7 Å². The molecule has 0 saturated carbocycles. The molecule has 8 nitrogen and oxygen atoms in total. The first-order valence-corrected chi connectivity index (χ1v) is 9.43. The molecule has 30 heavy (non-hydrogen) atoms. The number of aliphatic hydroxyl groups excluding tert-OH is 4. The molecule has 0 amide bonds. The Kier molecular flexibility index (Phi) is 7.30. The van der Waals surface area contributed by atoms with Gasteiger partial charge in [-0.2, -0.15) is 0 Å². The number of hydrogen-bond acceptors (Lipinski definition) is 8. The van der Waals surface area contributed by atoms with Crippen LogP contribution < -0.4 is 14.2 Å². The Bertz CT molecular complexity index is 826. The van der Waals surface area contributed by atoms with Crippen molar-refractivity contribution in [2.75, 3.05) is 20.8 Å². The van der Waals surface area contributed by atoms with Crippen LogP contribution in [0.2, 0.25) is 0 Å². The molecule has 0 spiro atoms. The zero-order chi connectivity index (χ0) is 21.7. The second-order valence-electron chi connectivity index (χ2n) is 6.86. The van der Waals surface area contributed by atoms with Crippen LogP contribution in [-0.2, 0) is 4.74 Å². The lowest BCUT2D eigenvalue weighted by molar-refractivity contribution is -0.277. The normalized spacial score (nSPS) is 26.5. The molecule has 0 aromatic heterocycles. The van der Waals surface area contributed by atoms with Crippen molar-refractivity contribution in [3.63, 3.8) is 0 Å². The van der Waals surface area contributed by atoms with Gasteiger partial charge in [0.15, 0.2) is 0 Å². The fraction of sp³-hybridized carbons (Fsp3) is 0.364. The van der Waals surface area contributed by atoms with Crippen LogP contribution in [0.5, 0.6) is 17.2 Å². The molecule has 4 N–H and O–H groups in total. The number of methoxy groups -OCH3 is 2. The molecule has 1 heterocycles. The van der Waals surface area contributed by atoms with E-state index in [1.807, 2.05) is 36.4 Å². The highest BCUT2D eigenvalue weighted by atomic mass is 16.7. The predicted octanol–water partition coefficient (Wildman–Crippen LogP) is 1.05. The lowest BCUT2D eigenvalue weighted by atomic mass is 9.99. The second kappa shape index (κ2) is 9.92. The van der Waals surface area contributed by atoms with Gasteiger partial charge in [0, 0.05) is 6.07 Å². The number of aliphatic hydroxyl groups is 4. The van der Waals surface area contributed by atoms with E-state index in [0.29, 0.717) is 17.2 Å². The van der Waals surface area contributed by atoms with Crippen molar-refractivity contribution in [1.29, 1.82) is 0 Å². The summed E-state index contributed by atoms with van der Waals surface area (Å²) in [6.07, 6.45) is -2.77. The number of hydrogen-bond donors (Lipinski definition) is 4. The Balaban J connectivity index is 1.67. The summed E-state index contributed by atoms with van der Waals surface area (Å²) in [5.74, 6) is 1.79. The molecule has 0 aliphatic carbocycles. The largest absolute Gasteiger partial charge is 0.497 e. The smallest absolute Gasteiger partial charge is 0.229 e. The molecule has 8 heteroatoms. The minimum atomic E-state index is -1.48. The fourth-order valence-corrected chi connectivity index (χ4v) is 3.07. The average Bonchev–Trinajstić information content (AvgIpc) is 2.78. The van der Waals surface area contributed by atoms with E-state index in [2.05, 4.69) is 0 Å². The Labute approximate surface area is 174 Å². The first-order chi connectivity index (χ1) is 14.4. The summed E-state index contributed by atoms with van der Waals surface area (Å²) in [7, 11) is 3.19. The molecule has 162 valence electrons. The summed E-state index contributed by atoms with van der Waals surface area (Å²) in [5.41, 5.74) is 1.81. The van der Waals surface area contributed by atoms with E-state index >= 15 is 0 Å². The molecule has 1 fully saturated rings. The summed E-state index contributed by atoms with van der Waals surface area (Å²) >= 11 is 0. The Hall–Kier alpha value is -2.62. The molecule has 1 aliphatic rings. The first-order valence-electron chi connectivity index (χ1n) is 9.43. The van der Waals surface area contributed by atoms with E-state index in [4.69, 9.17) is 18.9 Å². The zero-order valence-corrected chi connectivity index (χ0v) is 16.7. The van der Waals surface area contributed by atoms with Crippen LogP contribution in [0, 0.1) is 0 Å². The van der Waals surface area contributed by atoms with Crippen LogP contribution in [0.15, 0.2) is 42.5 Å². The molecule has 1 saturated heterocycles. The van der Waals surface area contributed by atoms with E-state index in [9.17, 15) is 20.4 Å². The summed E-state index contributed by atoms with van der Waals surface area (Å²) < 4.78 is 21.5. The van der Waals surface area contributed by atoms with E-state index in [1.165, 1.54) is 0 Å². The minimum absolute atomic E-state index is 0.402. The average molecular weight is 418 g/mol. The lowest BCUT2D eigenvalue weighted by Gasteiger charge is -2.39. The topological polar surface area (TPSA) is 118 Å². The molecule has 5 atom stereocenters. The van der Waals surface area contributed by atoms with Crippen LogP contribution in [0.25, 0.3) is 12.2 Å². The van der Waals surface area contributed by atoms with E-state index in [0.717, 1.165) is 11.1 Å². The molecule has 0 radical (unpaired) electrons. The molecule has 3 rings (SSSR count). The van der Waals surface area contributed by atoms with Crippen molar-refractivity contribution in [2.24, 2.45) is 0 Å². The van der Waals surface area contributed by atoms with Crippen LogP contribution >= 0.6 is 0 Å². The highest BCUT2D eigenvalue weighted by molar-refractivity contribution is 5.71. The quantitative estimate of drug-likeness (QED) is 0.493. The standard InChI is InChI=1S/C22H26O8/c1-27-16-9-14(10-17(11-16)28-2)4-3-13-5-7-15(8-6-13)29-22-21(26)20(25)19(24)18(12-23)30-22/h3-11,18-26H,12H2,1-2H3/t18-,19-,20+,21-,22-/m1/s1. The Morgan fingerprint density at radius 2 is 1.40 bits per heavy atom. The van der Waals surface area contributed by atoms with Crippen molar-refractivity contribution in [1.82, 2.24) is 0 Å². The number of rotatable bonds is 7. The predicted molar refractivity (Wildman–Crippen MR) is 109 cm³/mol. The van der Waals surface area contributed by atoms with Gasteiger partial charge in [-0.3, -0.25) is 0 Å². The van der Waals surface area contributed by atoms with E-state index in [-0.39, 0.29) is 0 Å². The van der Waals surface area contributed by atoms with Gasteiger partial charge in [-0.1, -0.05) is 24.3 Å². The minimum Gasteiger partial charge on any atom is -0.497 e. The fourth-order valence-electron chi connectivity index (χ4n) is 3.07. The highest BCUT2D eigenvalue weighted by Gasteiger charge is 2.44. The Morgan fingerprint density at radius 3 is 1.97 bits per heavy atom. The van der Waals surface area contributed by atoms with Gasteiger partial charge in [0.25, 0.3) is 0 Å². The molecular formula is C22H26O8. The van der Waals surface area contributed by atoms with Gasteiger partial charge in [0.2, 0.25) is 6.29 Å². The lowest BCUT2D eigenvalue weighted by Crippen LogP contribution is -2.60. The van der Waals surface area contributed by atoms with Crippen LogP contribution in [0.4, 0.5) is 0 Å². The van der Waals surface area contributed by atoms with Crippen LogP contribution in [0.3, 0.4) is 0 Å². The van der Waals surface area contributed by atoms with Crippen molar-refractivity contribution < 1.29 is 39.4 Å². The summed E-state index contributed by atoms with van der Waals surface area (Å²) in [6, 6.07) is 12.6. The SMILES string of the molecule is COc1cc(C=Cc2ccc(O[C@@H]3O[C@H](CO)[C@@H](O)[C@H](O)[C@H]3O)cc2)cc(OC)c1. The molecule has 1 aliphatic heterocycles. The molecule has 2 aromatic carbocycles. The highest BCUT2D eigenvalue weighted by Crippen LogP contribution is 2.26. The van der Waals surface area contributed by atoms with E-state index in [1.54, 1.807) is 32.4 Å². The maximum absolute atomic E-state index is 10.1. The first kappa shape index (κ1) is 22.1. The van der Waals surface area contributed by atoms with Gasteiger partial charge in [-0.25, -0.2) is 0 Å². The van der Waals surface area contributed by atoms with Gasteiger partial charge in [-0.05, 0) is 35.4 Å². The van der Waals surface area contributed by atoms with E-state index < -0.39 is 37.3 Å². The Morgan fingerprint density at radius 1 is 0.800 bits per heavy atom. The zero-order valence-electron chi connectivity index (χ0n) is 16.7. The third kappa shape index (κ3) is 5.10. The molecular weight excluding hydrogens is 392 g/mol. The van der Waals surface area contributed by atoms with Gasteiger partial charge in [0.05, 0.1) is 20.8 Å². The molecule has 0 bridgehead atoms. The maximum Gasteiger partial charge on any atom is 0.229 e. The van der Waals surface area contributed by atoms with Gasteiger partial charge in [-0.15, -0.1) is 0 Å². The number of ether oxygens (including phenoxy) is 4. The van der Waals surface area contributed by atoms with Crippen LogP contribution in [-0.4, -0.2) is 72.0 Å². The van der Waals surface area contributed by atoms with Crippen molar-refractivity contribution >= 4 is 12.2 Å². The van der Waals surface area contributed by atoms with Crippen molar-refractivity contribution in [3.8, 4) is 17.2 Å². The third-order valence-electron chi connectivity index (χ3n) is 4.82. The summed E-state index contributed by atoms with van der Waals surface area (Å²) in [6.45, 7) is -0.510. The summed E-state index contributed by atoms with van der Waals surface area (Å²) in [4.78, 5) is 0. The maximum atomic E-state index is 10.1. The molecule has 0 unspecified atom stereocenters. The summed E-state index contributed by atoms with van der Waals surface area (Å²) in [5, 5.41) is 39.0. The molecule has 2 aromatic rings.